The number of hydrogen-bond donors (Lipinski definition) is 9. The second-order valence-corrected chi connectivity index (χ2v) is 19.3. The number of aromatic amines is 4. The minimum atomic E-state index is -0.433. The second kappa shape index (κ2) is 21.8. The van der Waals surface area contributed by atoms with E-state index in [0.717, 1.165) is 79.9 Å². The molecule has 24 heteroatoms. The molecule has 0 bridgehead atoms. The monoisotopic (exact) mass is 1010 g/mol. The lowest BCUT2D eigenvalue weighted by atomic mass is 9.94. The van der Waals surface area contributed by atoms with Crippen molar-refractivity contribution in [1.82, 2.24) is 74.2 Å². The summed E-state index contributed by atoms with van der Waals surface area (Å²) in [7, 11) is 0. The van der Waals surface area contributed by atoms with Crippen molar-refractivity contribution in [1.29, 1.82) is 15.8 Å². The number of nitrogens with zero attached hydrogens (tertiary/aromatic N) is 14. The summed E-state index contributed by atoms with van der Waals surface area (Å²) >= 11 is 0. The van der Waals surface area contributed by atoms with Crippen molar-refractivity contribution in [2.24, 2.45) is 17.8 Å². The minimum absolute atomic E-state index is 0.0242. The third-order valence-corrected chi connectivity index (χ3v) is 14.9. The molecule has 3 aliphatic rings. The first-order chi connectivity index (χ1) is 36.5. The number of nitrogens with one attached hydrogen (secondary N) is 4. The Hall–Kier alpha value is -8.76. The third-order valence-electron chi connectivity index (χ3n) is 14.9. The van der Waals surface area contributed by atoms with Crippen molar-refractivity contribution >= 4 is 33.1 Å². The molecule has 0 saturated heterocycles. The predicted molar refractivity (Wildman–Crippen MR) is 269 cm³/mol. The Bertz CT molecular complexity index is 3610. The molecule has 3 aliphatic carbocycles. The van der Waals surface area contributed by atoms with Gasteiger partial charge in [0.25, 0.3) is 0 Å². The van der Waals surface area contributed by atoms with Crippen LogP contribution in [0.3, 0.4) is 0 Å². The zero-order valence-electron chi connectivity index (χ0n) is 40.5. The molecule has 3 fully saturated rings. The summed E-state index contributed by atoms with van der Waals surface area (Å²) in [6.07, 6.45) is 24.1. The van der Waals surface area contributed by atoms with Gasteiger partial charge in [-0.15, -0.1) is 0 Å². The zero-order chi connectivity index (χ0) is 52.2. The fraction of sp³-hybridized carbons (Fsp3) is 0.412. The third kappa shape index (κ3) is 10.2. The molecule has 9 unspecified atom stereocenters. The Kier molecular flexibility index (Phi) is 14.4. The number of fused-ring (bicyclic) bond motifs is 3. The van der Waals surface area contributed by atoms with Crippen molar-refractivity contribution in [3.63, 3.8) is 0 Å². The second-order valence-electron chi connectivity index (χ2n) is 19.3. The number of aliphatic hydroxyl groups excluding tert-OH is 3. The summed E-state index contributed by atoms with van der Waals surface area (Å²) in [4.78, 5) is 43.8. The Labute approximate surface area is 427 Å². The highest BCUT2D eigenvalue weighted by Gasteiger charge is 2.36. The van der Waals surface area contributed by atoms with Crippen LogP contribution in [0.15, 0.2) is 79.2 Å². The van der Waals surface area contributed by atoms with Crippen LogP contribution in [-0.4, -0.2) is 118 Å². The molecule has 9 atom stereocenters. The average Bonchev–Trinajstić information content (AvgIpc) is 4.26. The molecular formula is C51H54N18O6. The maximum Gasteiger partial charge on any atom is 0.347 e. The molecule has 384 valence electrons. The van der Waals surface area contributed by atoms with Gasteiger partial charge in [-0.2, -0.15) is 36.1 Å². The van der Waals surface area contributed by atoms with E-state index in [0.29, 0.717) is 51.2 Å². The first-order valence-electron chi connectivity index (χ1n) is 24.9. The van der Waals surface area contributed by atoms with Gasteiger partial charge >= 0.3 is 5.69 Å². The van der Waals surface area contributed by atoms with Crippen molar-refractivity contribution in [3.05, 3.63) is 84.8 Å². The summed E-state index contributed by atoms with van der Waals surface area (Å²) in [5.74, 6) is 0.197. The Balaban J connectivity index is 0.000000128. The molecule has 9 aromatic heterocycles. The molecule has 0 aliphatic heterocycles. The van der Waals surface area contributed by atoms with Crippen LogP contribution in [0.5, 0.6) is 11.6 Å². The van der Waals surface area contributed by atoms with E-state index < -0.39 is 24.0 Å². The van der Waals surface area contributed by atoms with Crippen molar-refractivity contribution in [3.8, 4) is 63.6 Å². The summed E-state index contributed by atoms with van der Waals surface area (Å²) in [5.41, 5.74) is 5.34. The largest absolute Gasteiger partial charge is 0.506 e. The number of nitriles is 3. The number of hydrogen-bond acceptors (Lipinski definition) is 17. The molecule has 12 rings (SSSR count). The summed E-state index contributed by atoms with van der Waals surface area (Å²) in [6, 6.07) is 9.54. The van der Waals surface area contributed by atoms with Crippen LogP contribution in [0.2, 0.25) is 0 Å². The van der Waals surface area contributed by atoms with Crippen LogP contribution >= 0.6 is 0 Å². The van der Waals surface area contributed by atoms with E-state index in [1.807, 2.05) is 24.7 Å². The van der Waals surface area contributed by atoms with E-state index >= 15 is 0 Å². The van der Waals surface area contributed by atoms with E-state index in [9.17, 15) is 46.1 Å². The molecule has 9 aromatic rings. The van der Waals surface area contributed by atoms with Crippen LogP contribution < -0.4 is 5.69 Å². The van der Waals surface area contributed by atoms with Crippen molar-refractivity contribution in [2.75, 3.05) is 0 Å². The first-order valence-corrected chi connectivity index (χ1v) is 24.9. The van der Waals surface area contributed by atoms with Crippen molar-refractivity contribution < 1.29 is 25.5 Å². The van der Waals surface area contributed by atoms with E-state index in [2.05, 4.69) is 78.4 Å². The topological polar surface area (TPSA) is 371 Å². The molecule has 9 N–H and O–H groups in total. The van der Waals surface area contributed by atoms with Gasteiger partial charge in [-0.25, -0.2) is 24.7 Å². The van der Waals surface area contributed by atoms with Gasteiger partial charge in [0.05, 0.1) is 115 Å². The Morgan fingerprint density at radius 3 is 1.65 bits per heavy atom. The Morgan fingerprint density at radius 2 is 1.12 bits per heavy atom. The SMILES string of the molecule is N#CCC(C1CCCC1O)n1cc(-c2[nH]c(=O)nc3[nH]ccc23)cn1.N#CCC(C1CCCC1O)n1cc(-c2ncnc3[nH]c(O)cc23)cn1.N#CCC(C1CCCC1O)n1cc(-c2ncnc3[nH]cc(O)c23)cn1. The number of H-pyrrole nitrogens is 4. The van der Waals surface area contributed by atoms with Crippen LogP contribution in [0.1, 0.15) is 95.2 Å². The number of aromatic hydroxyl groups is 2. The normalized spacial score (nSPS) is 21.4. The fourth-order valence-electron chi connectivity index (χ4n) is 11.3. The fourth-order valence-corrected chi connectivity index (χ4v) is 11.3. The molecule has 0 aromatic carbocycles. The molecule has 0 amide bonds. The van der Waals surface area contributed by atoms with Crippen molar-refractivity contribution in [2.45, 2.75) is 113 Å². The molecule has 75 heavy (non-hydrogen) atoms. The van der Waals surface area contributed by atoms with Crippen LogP contribution in [0.4, 0.5) is 0 Å². The van der Waals surface area contributed by atoms with E-state index in [1.54, 1.807) is 44.9 Å². The van der Waals surface area contributed by atoms with Crippen LogP contribution in [-0.2, 0) is 0 Å². The maximum absolute atomic E-state index is 11.8. The lowest BCUT2D eigenvalue weighted by molar-refractivity contribution is 0.0974. The number of aromatic nitrogens is 15. The zero-order valence-corrected chi connectivity index (χ0v) is 40.5. The van der Waals surface area contributed by atoms with E-state index in [4.69, 9.17) is 0 Å². The maximum atomic E-state index is 11.8. The number of aliphatic hydroxyl groups is 3. The van der Waals surface area contributed by atoms with Gasteiger partial charge in [0.1, 0.15) is 35.3 Å². The molecular weight excluding hydrogens is 961 g/mol. The van der Waals surface area contributed by atoms with Gasteiger partial charge < -0.3 is 45.5 Å². The molecule has 9 heterocycles. The van der Waals surface area contributed by atoms with E-state index in [1.165, 1.54) is 18.9 Å². The molecule has 24 nitrogen and oxygen atoms in total. The lowest BCUT2D eigenvalue weighted by Crippen LogP contribution is -2.26. The highest BCUT2D eigenvalue weighted by molar-refractivity contribution is 5.95. The quantitative estimate of drug-likeness (QED) is 0.0675. The first kappa shape index (κ1) is 49.8. The predicted octanol–water partition coefficient (Wildman–Crippen LogP) is 6.02. The van der Waals surface area contributed by atoms with Gasteiger partial charge in [-0.3, -0.25) is 14.0 Å². The van der Waals surface area contributed by atoms with Gasteiger partial charge in [0.15, 0.2) is 5.88 Å². The molecule has 3 saturated carbocycles. The van der Waals surface area contributed by atoms with Crippen LogP contribution in [0, 0.1) is 51.7 Å². The Morgan fingerprint density at radius 1 is 0.613 bits per heavy atom. The highest BCUT2D eigenvalue weighted by Crippen LogP contribution is 2.40. The molecule has 0 radical (unpaired) electrons. The van der Waals surface area contributed by atoms with Gasteiger partial charge in [-0.1, -0.05) is 19.3 Å². The summed E-state index contributed by atoms with van der Waals surface area (Å²) in [6.45, 7) is 0. The van der Waals surface area contributed by atoms with E-state index in [-0.39, 0.29) is 60.4 Å². The minimum Gasteiger partial charge on any atom is -0.506 e. The highest BCUT2D eigenvalue weighted by atomic mass is 16.3. The van der Waals surface area contributed by atoms with Gasteiger partial charge in [0.2, 0.25) is 0 Å². The standard InChI is InChI=1S/3C17H18N6O2/c18-6-4-13(11-2-1-3-14(11)24)23-9-10(8-20-23)15-12-5-7-19-16(12)22-17(25)21-15;18-5-4-13(11-2-1-3-14(11)24)23-8-10(7-21-23)16-12-6-15(25)22-17(12)20-9-19-16;18-5-4-12(11-2-1-3-13(11)24)23-8-10(6-22-23)16-15-14(25)7-19-17(15)21-9-20-16/h5,7-9,11,13-14,24H,1-4H2,(H2,19,21,22,25);6-9,11,13-14,24-25H,1-4H2,(H,19,20,22);6-9,11-13,24-25H,1-4H2,(H,19,20,21). The molecule has 0 spiro atoms. The number of rotatable bonds is 12. The van der Waals surface area contributed by atoms with Crippen LogP contribution in [0.25, 0.3) is 66.9 Å². The average molecular weight is 1020 g/mol. The van der Waals surface area contributed by atoms with Gasteiger partial charge in [0, 0.05) is 82.3 Å². The summed E-state index contributed by atoms with van der Waals surface area (Å²) < 4.78 is 5.25. The lowest BCUT2D eigenvalue weighted by Gasteiger charge is -2.24. The van der Waals surface area contributed by atoms with Gasteiger partial charge in [-0.05, 0) is 44.6 Å². The smallest absolute Gasteiger partial charge is 0.347 e. The summed E-state index contributed by atoms with van der Waals surface area (Å²) in [5, 5.41) is 93.2.